The van der Waals surface area contributed by atoms with Crippen molar-refractivity contribution in [3.8, 4) is 5.75 Å². The molecule has 2 aromatic carbocycles. The molecule has 0 aliphatic carbocycles. The maximum Gasteiger partial charge on any atom is 0.412 e. The van der Waals surface area contributed by atoms with Crippen molar-refractivity contribution in [2.45, 2.75) is 51.2 Å². The van der Waals surface area contributed by atoms with Gasteiger partial charge in [0.1, 0.15) is 23.3 Å². The smallest absolute Gasteiger partial charge is 0.412 e. The molecule has 0 aromatic heterocycles. The number of hydrogen-bond donors (Lipinski definition) is 2. The van der Waals surface area contributed by atoms with Crippen LogP contribution in [-0.2, 0) is 19.6 Å². The Morgan fingerprint density at radius 3 is 2.46 bits per heavy atom. The Morgan fingerprint density at radius 1 is 1.20 bits per heavy atom. The Kier molecular flexibility index (Phi) is 7.59. The van der Waals surface area contributed by atoms with Crippen LogP contribution in [0, 0.1) is 11.7 Å². The van der Waals surface area contributed by atoms with E-state index < -0.39 is 33.6 Å². The van der Waals surface area contributed by atoms with Crippen molar-refractivity contribution in [3.63, 3.8) is 0 Å². The summed E-state index contributed by atoms with van der Waals surface area (Å²) < 4.78 is 52.9. The molecule has 0 fully saturated rings. The first-order valence-corrected chi connectivity index (χ1v) is 12.6. The van der Waals surface area contributed by atoms with Gasteiger partial charge in [-0.3, -0.25) is 14.4 Å². The average Bonchev–Trinajstić information content (AvgIpc) is 2.77. The summed E-state index contributed by atoms with van der Waals surface area (Å²) in [6, 6.07) is 9.04. The second-order valence-corrected chi connectivity index (χ2v) is 11.0. The molecular weight excluding hydrogens is 477 g/mol. The molecule has 1 aliphatic rings. The van der Waals surface area contributed by atoms with Crippen LogP contribution in [0.3, 0.4) is 0 Å². The number of carbonyl (C=O) groups excluding carboxylic acids is 2. The van der Waals surface area contributed by atoms with Gasteiger partial charge in [0.15, 0.2) is 0 Å². The molecule has 3 rings (SSSR count). The van der Waals surface area contributed by atoms with E-state index in [1.54, 1.807) is 19.9 Å². The van der Waals surface area contributed by atoms with Gasteiger partial charge in [-0.25, -0.2) is 17.6 Å². The number of sulfonamides is 1. The van der Waals surface area contributed by atoms with Crippen LogP contribution in [-0.4, -0.2) is 45.2 Å². The Morgan fingerprint density at radius 2 is 1.86 bits per heavy atom. The van der Waals surface area contributed by atoms with E-state index >= 15 is 0 Å². The molecule has 35 heavy (non-hydrogen) atoms. The molecule has 190 valence electrons. The zero-order chi connectivity index (χ0) is 26.0. The molecule has 9 nitrogen and oxygen atoms in total. The van der Waals surface area contributed by atoms with Crippen LogP contribution >= 0.6 is 0 Å². The number of amides is 2. The number of ether oxygens (including phenoxy) is 2. The van der Waals surface area contributed by atoms with Gasteiger partial charge < -0.3 is 14.8 Å². The number of halogens is 1. The summed E-state index contributed by atoms with van der Waals surface area (Å²) in [5.41, 5.74) is -0.220. The van der Waals surface area contributed by atoms with Crippen LogP contribution in [0.25, 0.3) is 0 Å². The Hall–Kier alpha value is -3.34. The van der Waals surface area contributed by atoms with Gasteiger partial charge in [0.05, 0.1) is 23.7 Å². The summed E-state index contributed by atoms with van der Waals surface area (Å²) in [5, 5.41) is 5.25. The van der Waals surface area contributed by atoms with Crippen LogP contribution < -0.4 is 19.7 Å². The lowest BCUT2D eigenvalue weighted by Gasteiger charge is -2.36. The molecule has 0 radical (unpaired) electrons. The molecule has 1 aliphatic heterocycles. The van der Waals surface area contributed by atoms with E-state index in [1.165, 1.54) is 31.2 Å². The quantitative estimate of drug-likeness (QED) is 0.588. The minimum Gasteiger partial charge on any atom is -0.484 e. The highest BCUT2D eigenvalue weighted by atomic mass is 32.2. The molecule has 0 bridgehead atoms. The van der Waals surface area contributed by atoms with Gasteiger partial charge in [0, 0.05) is 12.6 Å². The summed E-state index contributed by atoms with van der Waals surface area (Å²) >= 11 is 0. The van der Waals surface area contributed by atoms with E-state index in [0.29, 0.717) is 5.69 Å². The number of anilines is 2. The molecule has 2 amide bonds. The average molecular weight is 508 g/mol. The third-order valence-corrected chi connectivity index (χ3v) is 7.66. The van der Waals surface area contributed by atoms with Crippen molar-refractivity contribution in [2.75, 3.05) is 22.7 Å². The minimum atomic E-state index is -4.12. The molecule has 11 heteroatoms. The number of fused-ring (bicyclic) bond motifs is 1. The summed E-state index contributed by atoms with van der Waals surface area (Å²) in [6.07, 6.45) is -1.35. The normalized spacial score (nSPS) is 15.7. The second kappa shape index (κ2) is 10.1. The first kappa shape index (κ1) is 26.3. The molecule has 1 heterocycles. The second-order valence-electron chi connectivity index (χ2n) is 9.12. The number of benzene rings is 2. The monoisotopic (exact) mass is 507 g/mol. The lowest BCUT2D eigenvalue weighted by molar-refractivity contribution is -0.119. The molecule has 2 aromatic rings. The van der Waals surface area contributed by atoms with Crippen molar-refractivity contribution in [2.24, 2.45) is 5.92 Å². The third-order valence-electron chi connectivity index (χ3n) is 5.86. The van der Waals surface area contributed by atoms with E-state index in [0.717, 1.165) is 16.4 Å². The Labute approximate surface area is 204 Å². The molecule has 0 spiro atoms. The first-order chi connectivity index (χ1) is 16.3. The highest BCUT2D eigenvalue weighted by Gasteiger charge is 2.35. The van der Waals surface area contributed by atoms with E-state index in [2.05, 4.69) is 10.6 Å². The molecular formula is C24H30FN3O6S. The highest BCUT2D eigenvalue weighted by molar-refractivity contribution is 7.92. The van der Waals surface area contributed by atoms with Crippen molar-refractivity contribution in [3.05, 3.63) is 48.3 Å². The molecule has 2 N–H and O–H groups in total. The standard InChI is InChI=1S/C24H30FN3O6S/c1-15(2)24(4,5)34-23(30)27-18-8-11-22-21(12-18)28(14-19(33-22)13-26-16(3)29)35(31,32)20-9-6-17(25)7-10-20/h6-12,15,19H,13-14H2,1-5H3,(H,26,29)(H,27,30)/t19-/m0/s1. The van der Waals surface area contributed by atoms with Gasteiger partial charge in [-0.15, -0.1) is 0 Å². The van der Waals surface area contributed by atoms with E-state index in [9.17, 15) is 22.4 Å². The highest BCUT2D eigenvalue weighted by Crippen LogP contribution is 2.39. The summed E-state index contributed by atoms with van der Waals surface area (Å²) in [4.78, 5) is 23.7. The number of rotatable bonds is 7. The largest absolute Gasteiger partial charge is 0.484 e. The van der Waals surface area contributed by atoms with Gasteiger partial charge in [-0.2, -0.15) is 0 Å². The topological polar surface area (TPSA) is 114 Å². The lowest BCUT2D eigenvalue weighted by atomic mass is 9.95. The van der Waals surface area contributed by atoms with Crippen LogP contribution in [0.5, 0.6) is 5.75 Å². The fourth-order valence-corrected chi connectivity index (χ4v) is 4.71. The first-order valence-electron chi connectivity index (χ1n) is 11.1. The number of carbonyl (C=O) groups is 2. The van der Waals surface area contributed by atoms with Crippen LogP contribution in [0.2, 0.25) is 0 Å². The molecule has 0 unspecified atom stereocenters. The predicted octanol–water partition coefficient (Wildman–Crippen LogP) is 3.90. The molecule has 0 saturated heterocycles. The number of nitrogens with zero attached hydrogens (tertiary/aromatic N) is 1. The molecule has 0 saturated carbocycles. The SMILES string of the molecule is CC(=O)NC[C@H]1CN(S(=O)(=O)c2ccc(F)cc2)c2cc(NC(=O)OC(C)(C)C(C)C)ccc2O1. The van der Waals surface area contributed by atoms with Gasteiger partial charge in [-0.05, 0) is 62.2 Å². The maximum atomic E-state index is 13.5. The van der Waals surface area contributed by atoms with E-state index in [-0.39, 0.29) is 41.2 Å². The predicted molar refractivity (Wildman–Crippen MR) is 129 cm³/mol. The summed E-state index contributed by atoms with van der Waals surface area (Å²) in [7, 11) is -4.12. The maximum absolute atomic E-state index is 13.5. The zero-order valence-corrected chi connectivity index (χ0v) is 21.1. The van der Waals surface area contributed by atoms with Crippen LogP contribution in [0.4, 0.5) is 20.6 Å². The number of nitrogens with one attached hydrogen (secondary N) is 2. The van der Waals surface area contributed by atoms with E-state index in [1.807, 2.05) is 13.8 Å². The molecule has 1 atom stereocenters. The number of hydrogen-bond acceptors (Lipinski definition) is 6. The fourth-order valence-electron chi connectivity index (χ4n) is 3.22. The van der Waals surface area contributed by atoms with Gasteiger partial charge in [-0.1, -0.05) is 13.8 Å². The Bertz CT molecular complexity index is 1200. The minimum absolute atomic E-state index is 0.0714. The van der Waals surface area contributed by atoms with Crippen molar-refractivity contribution in [1.82, 2.24) is 5.32 Å². The summed E-state index contributed by atoms with van der Waals surface area (Å²) in [6.45, 7) is 8.77. The van der Waals surface area contributed by atoms with Gasteiger partial charge >= 0.3 is 6.09 Å². The third kappa shape index (κ3) is 6.21. The fraction of sp³-hybridized carbons (Fsp3) is 0.417. The zero-order valence-electron chi connectivity index (χ0n) is 20.3. The van der Waals surface area contributed by atoms with Crippen molar-refractivity contribution < 1.29 is 31.9 Å². The van der Waals surface area contributed by atoms with Gasteiger partial charge in [0.25, 0.3) is 10.0 Å². The Balaban J connectivity index is 1.95. The van der Waals surface area contributed by atoms with Crippen molar-refractivity contribution in [1.29, 1.82) is 0 Å². The lowest BCUT2D eigenvalue weighted by Crippen LogP contribution is -2.48. The van der Waals surface area contributed by atoms with Crippen LogP contribution in [0.1, 0.15) is 34.6 Å². The van der Waals surface area contributed by atoms with E-state index in [4.69, 9.17) is 9.47 Å². The van der Waals surface area contributed by atoms with Crippen molar-refractivity contribution >= 4 is 33.4 Å². The van der Waals surface area contributed by atoms with Gasteiger partial charge in [0.2, 0.25) is 5.91 Å². The van der Waals surface area contributed by atoms with Crippen LogP contribution in [0.15, 0.2) is 47.4 Å². The summed E-state index contributed by atoms with van der Waals surface area (Å²) in [5.74, 6) is -0.528.